The molecule has 0 aromatic heterocycles. The molecule has 0 radical (unpaired) electrons. The van der Waals surface area contributed by atoms with Gasteiger partial charge in [-0.15, -0.1) is 0 Å². The van der Waals surface area contributed by atoms with Crippen LogP contribution >= 0.6 is 0 Å². The predicted molar refractivity (Wildman–Crippen MR) is 93.5 cm³/mol. The maximum Gasteiger partial charge on any atom is 0.307 e. The van der Waals surface area contributed by atoms with E-state index in [-0.39, 0.29) is 23.8 Å². The number of fused-ring (bicyclic) bond motifs is 1. The number of benzene rings is 2. The lowest BCUT2D eigenvalue weighted by Gasteiger charge is -2.30. The van der Waals surface area contributed by atoms with E-state index in [9.17, 15) is 9.59 Å². The third-order valence-electron chi connectivity index (χ3n) is 5.04. The summed E-state index contributed by atoms with van der Waals surface area (Å²) in [6.07, 6.45) is -0.0846. The zero-order valence-electron chi connectivity index (χ0n) is 14.1. The van der Waals surface area contributed by atoms with E-state index in [2.05, 4.69) is 26.8 Å². The van der Waals surface area contributed by atoms with Crippen LogP contribution in [-0.4, -0.2) is 23.0 Å². The highest BCUT2D eigenvalue weighted by molar-refractivity contribution is 6.08. The molecule has 1 unspecified atom stereocenters. The number of rotatable bonds is 3. The van der Waals surface area contributed by atoms with Gasteiger partial charge in [-0.05, 0) is 36.2 Å². The topological polar surface area (TPSA) is 57.6 Å². The molecule has 0 aliphatic carbocycles. The molecular weight excluding hydrogens is 302 g/mol. The summed E-state index contributed by atoms with van der Waals surface area (Å²) >= 11 is 0. The summed E-state index contributed by atoms with van der Waals surface area (Å²) in [4.78, 5) is 25.9. The molecule has 1 N–H and O–H groups in total. The number of amides is 1. The van der Waals surface area contributed by atoms with Gasteiger partial charge in [0, 0.05) is 22.7 Å². The van der Waals surface area contributed by atoms with Gasteiger partial charge in [-0.1, -0.05) is 44.2 Å². The molecule has 0 saturated heterocycles. The van der Waals surface area contributed by atoms with Gasteiger partial charge in [0.15, 0.2) is 0 Å². The lowest BCUT2D eigenvalue weighted by molar-refractivity contribution is -0.136. The number of carboxylic acids is 1. The van der Waals surface area contributed by atoms with Crippen LogP contribution in [-0.2, 0) is 16.6 Å². The van der Waals surface area contributed by atoms with Crippen molar-refractivity contribution in [1.29, 1.82) is 0 Å². The molecule has 2 aromatic carbocycles. The summed E-state index contributed by atoms with van der Waals surface area (Å²) in [5.74, 6) is -0.992. The fourth-order valence-corrected chi connectivity index (χ4v) is 3.40. The Balaban J connectivity index is 2.00. The first-order valence-electron chi connectivity index (χ1n) is 8.06. The normalized spacial score (nSPS) is 18.3. The van der Waals surface area contributed by atoms with E-state index in [0.29, 0.717) is 11.1 Å². The molecule has 0 fully saturated rings. The first kappa shape index (κ1) is 16.2. The monoisotopic (exact) mass is 323 g/mol. The number of anilines is 1. The Bertz CT molecular complexity index is 810. The molecule has 4 heteroatoms. The minimum Gasteiger partial charge on any atom is -0.481 e. The number of nitrogens with zero attached hydrogens (tertiary/aromatic N) is 1. The average Bonchev–Trinajstić information content (AvgIpc) is 2.74. The van der Waals surface area contributed by atoms with E-state index in [1.165, 1.54) is 0 Å². The molecule has 0 spiro atoms. The van der Waals surface area contributed by atoms with Gasteiger partial charge in [0.2, 0.25) is 0 Å². The number of aliphatic carboxylic acids is 1. The summed E-state index contributed by atoms with van der Waals surface area (Å²) in [7, 11) is 0. The van der Waals surface area contributed by atoms with Gasteiger partial charge in [0.25, 0.3) is 5.91 Å². The zero-order chi connectivity index (χ0) is 17.5. The van der Waals surface area contributed by atoms with Gasteiger partial charge in [-0.2, -0.15) is 0 Å². The molecule has 1 heterocycles. The summed E-state index contributed by atoms with van der Waals surface area (Å²) in [5, 5.41) is 8.95. The number of hydrogen-bond donors (Lipinski definition) is 1. The van der Waals surface area contributed by atoms with E-state index in [1.807, 2.05) is 23.1 Å². The molecule has 124 valence electrons. The van der Waals surface area contributed by atoms with E-state index >= 15 is 0 Å². The van der Waals surface area contributed by atoms with Crippen molar-refractivity contribution in [1.82, 2.24) is 0 Å². The Morgan fingerprint density at radius 2 is 1.83 bits per heavy atom. The Kier molecular flexibility index (Phi) is 3.91. The van der Waals surface area contributed by atoms with Crippen LogP contribution in [0.2, 0.25) is 0 Å². The van der Waals surface area contributed by atoms with Crippen LogP contribution in [0.15, 0.2) is 48.5 Å². The molecule has 1 atom stereocenters. The van der Waals surface area contributed by atoms with Crippen molar-refractivity contribution >= 4 is 17.6 Å². The largest absolute Gasteiger partial charge is 0.481 e. The third kappa shape index (κ3) is 2.58. The second kappa shape index (κ2) is 5.78. The fraction of sp³-hybridized carbons (Fsp3) is 0.300. The van der Waals surface area contributed by atoms with Gasteiger partial charge in [-0.3, -0.25) is 9.59 Å². The van der Waals surface area contributed by atoms with Crippen molar-refractivity contribution in [3.8, 4) is 0 Å². The molecule has 4 nitrogen and oxygen atoms in total. The molecule has 24 heavy (non-hydrogen) atoms. The van der Waals surface area contributed by atoms with Crippen LogP contribution in [0.25, 0.3) is 0 Å². The maximum atomic E-state index is 13.1. The SMILES string of the molecule is CC1N(C(=O)c2cccc(CC(=O)O)c2)c2ccccc2C1(C)C. The van der Waals surface area contributed by atoms with Crippen molar-refractivity contribution in [2.24, 2.45) is 0 Å². The highest BCUT2D eigenvalue weighted by atomic mass is 16.4. The van der Waals surface area contributed by atoms with Crippen LogP contribution < -0.4 is 4.90 Å². The average molecular weight is 323 g/mol. The predicted octanol–water partition coefficient (Wildman–Crippen LogP) is 3.64. The number of carboxylic acid groups (broad SMARTS) is 1. The first-order valence-corrected chi connectivity index (χ1v) is 8.06. The minimum absolute atomic E-state index is 0.0190. The summed E-state index contributed by atoms with van der Waals surface area (Å²) in [6.45, 7) is 6.34. The first-order chi connectivity index (χ1) is 11.3. The molecule has 0 saturated carbocycles. The van der Waals surface area contributed by atoms with Gasteiger partial charge >= 0.3 is 5.97 Å². The van der Waals surface area contributed by atoms with E-state index < -0.39 is 5.97 Å². The zero-order valence-corrected chi connectivity index (χ0v) is 14.1. The van der Waals surface area contributed by atoms with E-state index in [0.717, 1.165) is 11.3 Å². The molecule has 1 aliphatic heterocycles. The Hall–Kier alpha value is -2.62. The van der Waals surface area contributed by atoms with Crippen molar-refractivity contribution in [2.75, 3.05) is 4.90 Å². The van der Waals surface area contributed by atoms with Gasteiger partial charge < -0.3 is 10.0 Å². The molecule has 1 amide bonds. The van der Waals surface area contributed by atoms with Crippen molar-refractivity contribution in [3.63, 3.8) is 0 Å². The summed E-state index contributed by atoms with van der Waals surface area (Å²) < 4.78 is 0. The molecule has 3 rings (SSSR count). The van der Waals surface area contributed by atoms with Crippen LogP contribution in [0.1, 0.15) is 42.3 Å². The number of carbonyl (C=O) groups is 2. The van der Waals surface area contributed by atoms with Crippen LogP contribution in [0.3, 0.4) is 0 Å². The van der Waals surface area contributed by atoms with Crippen LogP contribution in [0.5, 0.6) is 0 Å². The van der Waals surface area contributed by atoms with Gasteiger partial charge in [-0.25, -0.2) is 0 Å². The second-order valence-electron chi connectivity index (χ2n) is 6.86. The quantitative estimate of drug-likeness (QED) is 0.938. The molecule has 1 aliphatic rings. The minimum atomic E-state index is -0.902. The Morgan fingerprint density at radius 3 is 2.54 bits per heavy atom. The Morgan fingerprint density at radius 1 is 1.12 bits per heavy atom. The molecule has 2 aromatic rings. The fourth-order valence-electron chi connectivity index (χ4n) is 3.40. The number of para-hydroxylation sites is 1. The lowest BCUT2D eigenvalue weighted by Crippen LogP contribution is -2.42. The van der Waals surface area contributed by atoms with Crippen LogP contribution in [0, 0.1) is 0 Å². The second-order valence-corrected chi connectivity index (χ2v) is 6.86. The highest BCUT2D eigenvalue weighted by Gasteiger charge is 2.44. The lowest BCUT2D eigenvalue weighted by atomic mass is 9.81. The highest BCUT2D eigenvalue weighted by Crippen LogP contribution is 2.45. The number of carbonyl (C=O) groups excluding carboxylic acids is 1. The molecule has 0 bridgehead atoms. The molecular formula is C20H21NO3. The van der Waals surface area contributed by atoms with Gasteiger partial charge in [0.1, 0.15) is 0 Å². The maximum absolute atomic E-state index is 13.1. The van der Waals surface area contributed by atoms with Crippen molar-refractivity contribution < 1.29 is 14.7 Å². The van der Waals surface area contributed by atoms with Gasteiger partial charge in [0.05, 0.1) is 6.42 Å². The smallest absolute Gasteiger partial charge is 0.307 e. The van der Waals surface area contributed by atoms with Crippen molar-refractivity contribution in [2.45, 2.75) is 38.6 Å². The number of hydrogen-bond acceptors (Lipinski definition) is 2. The van der Waals surface area contributed by atoms with Crippen LogP contribution in [0.4, 0.5) is 5.69 Å². The van der Waals surface area contributed by atoms with E-state index in [4.69, 9.17) is 5.11 Å². The summed E-state index contributed by atoms with van der Waals surface area (Å²) in [5.41, 5.74) is 3.11. The van der Waals surface area contributed by atoms with E-state index in [1.54, 1.807) is 24.3 Å². The van der Waals surface area contributed by atoms with Crippen molar-refractivity contribution in [3.05, 3.63) is 65.2 Å². The summed E-state index contributed by atoms with van der Waals surface area (Å²) in [6, 6.07) is 14.9. The standard InChI is InChI=1S/C20H21NO3/c1-13-20(2,3)16-9-4-5-10-17(16)21(13)19(24)15-8-6-7-14(11-15)12-18(22)23/h4-11,13H,12H2,1-3H3,(H,22,23). The Labute approximate surface area is 141 Å². The third-order valence-corrected chi connectivity index (χ3v) is 5.04.